The van der Waals surface area contributed by atoms with Gasteiger partial charge in [0.2, 0.25) is 0 Å². The van der Waals surface area contributed by atoms with Gasteiger partial charge in [-0.2, -0.15) is 10.5 Å². The summed E-state index contributed by atoms with van der Waals surface area (Å²) in [4.78, 5) is 24.0. The summed E-state index contributed by atoms with van der Waals surface area (Å²) in [6, 6.07) is 4.13. The Balaban J connectivity index is -0.0000000537. The van der Waals surface area contributed by atoms with Crippen LogP contribution < -0.4 is 0 Å². The number of carbonyl (C=O) groups is 3. The zero-order valence-electron chi connectivity index (χ0n) is 15.5. The van der Waals surface area contributed by atoms with Crippen LogP contribution in [0.5, 0.6) is 0 Å². The summed E-state index contributed by atoms with van der Waals surface area (Å²) in [5.41, 5.74) is 0. The zero-order chi connectivity index (χ0) is 19.9. The molecule has 7 nitrogen and oxygen atoms in total. The van der Waals surface area contributed by atoms with Gasteiger partial charge in [0.15, 0.2) is 0 Å². The maximum Gasteiger partial charge on any atom is 0.106 e. The molecule has 25 heavy (non-hydrogen) atoms. The number of hydrogen-bond acceptors (Lipinski definition) is 7. The minimum Gasteiger partial charge on any atom is -0.381 e. The molecule has 0 saturated heterocycles. The molecule has 0 bridgehead atoms. The molecule has 0 atom stereocenters. The third kappa shape index (κ3) is 85.5. The van der Waals surface area contributed by atoms with Crippen LogP contribution in [-0.2, 0) is 44.0 Å². The van der Waals surface area contributed by atoms with Gasteiger partial charge in [0.1, 0.15) is 20.4 Å². The fourth-order valence-corrected chi connectivity index (χ4v) is 0.999. The summed E-state index contributed by atoms with van der Waals surface area (Å²) in [6.07, 6.45) is 5.10. The normalized spacial score (nSPS) is 6.88. The maximum absolute atomic E-state index is 8.12. The third-order valence-electron chi connectivity index (χ3n) is 1.85. The van der Waals surface area contributed by atoms with Crippen molar-refractivity contribution in [3.63, 3.8) is 0 Å². The van der Waals surface area contributed by atoms with Gasteiger partial charge in [0, 0.05) is 59.4 Å². The molecule has 0 saturated carbocycles. The van der Waals surface area contributed by atoms with Crippen LogP contribution in [0.3, 0.4) is 0 Å². The van der Waals surface area contributed by atoms with E-state index in [0.29, 0.717) is 12.8 Å². The largest absolute Gasteiger partial charge is 0.381 e. The summed E-state index contributed by atoms with van der Waals surface area (Å²) in [7, 11) is 0. The van der Waals surface area contributed by atoms with Crippen molar-refractivity contribution >= 4 is 20.4 Å². The van der Waals surface area contributed by atoms with E-state index in [2.05, 4.69) is 26.0 Å². The topological polar surface area (TPSA) is 117 Å². The Bertz CT molecular complexity index is 242. The van der Waals surface area contributed by atoms with E-state index in [-0.39, 0.29) is 20.1 Å². The Morgan fingerprint density at radius 2 is 0.960 bits per heavy atom. The van der Waals surface area contributed by atoms with E-state index in [9.17, 15) is 0 Å². The molecular formula is C17H32N2O5Tc. The van der Waals surface area contributed by atoms with Gasteiger partial charge in [-0.1, -0.05) is 13.8 Å². The second-order valence-electron chi connectivity index (χ2n) is 3.75. The molecule has 0 aliphatic heterocycles. The minimum atomic E-state index is 0. The van der Waals surface area contributed by atoms with E-state index in [4.69, 9.17) is 34.4 Å². The summed E-state index contributed by atoms with van der Waals surface area (Å²) in [5.74, 6) is 0. The Labute approximate surface area is 166 Å². The average molecular weight is 443 g/mol. The summed E-state index contributed by atoms with van der Waals surface area (Å²) >= 11 is 0. The molecule has 0 fully saturated rings. The Hall–Kier alpha value is -1.44. The fourth-order valence-electron chi connectivity index (χ4n) is 0.999. The fraction of sp³-hybridized carbons (Fsp3) is 0.706. The van der Waals surface area contributed by atoms with Crippen LogP contribution in [0.4, 0.5) is 0 Å². The quantitative estimate of drug-likeness (QED) is 0.477. The average Bonchev–Trinajstić information content (AvgIpc) is 2.67. The Morgan fingerprint density at radius 1 is 0.680 bits per heavy atom. The molecule has 0 aromatic carbocycles. The van der Waals surface area contributed by atoms with Crippen LogP contribution in [-0.4, -0.2) is 46.8 Å². The Kier molecular flexibility index (Phi) is 103. The number of hydrogen-bond donors (Lipinski definition) is 0. The van der Waals surface area contributed by atoms with Crippen LogP contribution in [0.15, 0.2) is 0 Å². The third-order valence-corrected chi connectivity index (χ3v) is 1.85. The number of unbranched alkanes of at least 4 members (excludes halogenated alkanes) is 2. The number of ether oxygens (including phenoxy) is 2. The molecule has 147 valence electrons. The molecule has 0 aliphatic carbocycles. The van der Waals surface area contributed by atoms with Gasteiger partial charge in [-0.15, -0.1) is 0 Å². The number of rotatable bonds is 10. The van der Waals surface area contributed by atoms with Crippen LogP contribution in [0.25, 0.3) is 0 Å². The summed E-state index contributed by atoms with van der Waals surface area (Å²) in [5, 5.41) is 16.2. The maximum atomic E-state index is 8.12. The number of carbonyl (C=O) groups excluding carboxylic acids is 3. The molecule has 0 unspecified atom stereocenters. The van der Waals surface area contributed by atoms with Gasteiger partial charge >= 0.3 is 0 Å². The molecule has 0 heterocycles. The van der Waals surface area contributed by atoms with Crippen molar-refractivity contribution in [2.24, 2.45) is 0 Å². The van der Waals surface area contributed by atoms with Crippen molar-refractivity contribution in [2.75, 3.05) is 26.4 Å². The number of nitriles is 2. The van der Waals surface area contributed by atoms with E-state index in [1.165, 1.54) is 0 Å². The smallest absolute Gasteiger partial charge is 0.106 e. The molecule has 0 aliphatic rings. The predicted molar refractivity (Wildman–Crippen MR) is 93.3 cm³/mol. The minimum absolute atomic E-state index is 0. The first-order valence-electron chi connectivity index (χ1n) is 7.59. The monoisotopic (exact) mass is 443 g/mol. The van der Waals surface area contributed by atoms with Crippen molar-refractivity contribution in [3.05, 3.63) is 0 Å². The van der Waals surface area contributed by atoms with Gasteiger partial charge in [-0.25, -0.2) is 0 Å². The molecule has 0 N–H and O–H groups in total. The van der Waals surface area contributed by atoms with E-state index in [0.717, 1.165) is 52.1 Å². The van der Waals surface area contributed by atoms with Crippen LogP contribution >= 0.6 is 0 Å². The van der Waals surface area contributed by atoms with Gasteiger partial charge in [-0.3, -0.25) is 0 Å². The van der Waals surface area contributed by atoms with Crippen molar-refractivity contribution in [1.82, 2.24) is 0 Å². The van der Waals surface area contributed by atoms with Gasteiger partial charge in [0.25, 0.3) is 0 Å². The molecule has 0 spiro atoms. The molecule has 1 radical (unpaired) electrons. The molecular weight excluding hydrogens is 411 g/mol. The van der Waals surface area contributed by atoms with E-state index < -0.39 is 0 Å². The van der Waals surface area contributed by atoms with Gasteiger partial charge in [0.05, 0.1) is 12.1 Å². The predicted octanol–water partition coefficient (Wildman–Crippen LogP) is 2.88. The first-order valence-corrected chi connectivity index (χ1v) is 7.59. The summed E-state index contributed by atoms with van der Waals surface area (Å²) in [6.45, 7) is 13.3. The molecule has 0 rings (SSSR count). The first-order chi connectivity index (χ1) is 11.8. The molecule has 8 heteroatoms. The van der Waals surface area contributed by atoms with Crippen molar-refractivity contribution in [2.45, 2.75) is 52.4 Å². The zero-order valence-corrected chi connectivity index (χ0v) is 17.4. The van der Waals surface area contributed by atoms with Crippen LogP contribution in [0.1, 0.15) is 52.4 Å². The molecule has 0 aromatic rings. The van der Waals surface area contributed by atoms with Crippen LogP contribution in [0.2, 0.25) is 0 Å². The second kappa shape index (κ2) is 66.5. The van der Waals surface area contributed by atoms with E-state index in [1.807, 2.05) is 20.4 Å². The Morgan fingerprint density at radius 3 is 1.16 bits per heavy atom. The second-order valence-corrected chi connectivity index (χ2v) is 3.75. The molecule has 0 amide bonds. The SMILES string of the molecule is C=O.C=O.C=O.CCCOCCCC#N.CCCOCCCC#N.[99Tc]. The van der Waals surface area contributed by atoms with Gasteiger partial charge < -0.3 is 23.9 Å². The van der Waals surface area contributed by atoms with E-state index >= 15 is 0 Å². The van der Waals surface area contributed by atoms with Gasteiger partial charge in [-0.05, 0) is 25.7 Å². The van der Waals surface area contributed by atoms with Crippen molar-refractivity contribution < 1.29 is 44.0 Å². The number of nitrogens with zero attached hydrogens (tertiary/aromatic N) is 2. The van der Waals surface area contributed by atoms with Crippen molar-refractivity contribution in [3.8, 4) is 12.1 Å². The summed E-state index contributed by atoms with van der Waals surface area (Å²) < 4.78 is 10.3. The van der Waals surface area contributed by atoms with Crippen molar-refractivity contribution in [1.29, 1.82) is 10.5 Å². The standard InChI is InChI=1S/2C7H13NO.3CH2O.Tc/c2*1-2-6-9-7-4-3-5-8;3*1-2;/h2*2-4,6-7H2,1H3;3*1H2;/i;;;;;1+1. The molecule has 0 aromatic heterocycles. The first kappa shape index (κ1) is 38.9. The van der Waals surface area contributed by atoms with E-state index in [1.54, 1.807) is 0 Å². The van der Waals surface area contributed by atoms with Crippen LogP contribution in [0, 0.1) is 22.7 Å².